The van der Waals surface area contributed by atoms with Crippen LogP contribution in [0.4, 0.5) is 0 Å². The summed E-state index contributed by atoms with van der Waals surface area (Å²) in [5.41, 5.74) is 0.426. The van der Waals surface area contributed by atoms with Crippen molar-refractivity contribution in [3.63, 3.8) is 0 Å². The van der Waals surface area contributed by atoms with Crippen LogP contribution in [0.1, 0.15) is 40.5 Å². The van der Waals surface area contributed by atoms with Crippen molar-refractivity contribution in [2.45, 2.75) is 46.6 Å². The Bertz CT molecular complexity index is 235. The maximum absolute atomic E-state index is 3.84. The maximum Gasteiger partial charge on any atom is 0.0120 e. The summed E-state index contributed by atoms with van der Waals surface area (Å²) in [5.74, 6) is 1.68. The molecule has 2 bridgehead atoms. The monoisotopic (exact) mass is 224 g/mol. The number of hydrogen-bond donors (Lipinski definition) is 1. The van der Waals surface area contributed by atoms with Crippen molar-refractivity contribution in [3.8, 4) is 0 Å². The van der Waals surface area contributed by atoms with Gasteiger partial charge >= 0.3 is 0 Å². The zero-order chi connectivity index (χ0) is 11.8. The van der Waals surface area contributed by atoms with E-state index in [0.29, 0.717) is 5.41 Å². The highest BCUT2D eigenvalue weighted by Crippen LogP contribution is 2.29. The second-order valence-electron chi connectivity index (χ2n) is 6.77. The van der Waals surface area contributed by atoms with Crippen molar-refractivity contribution in [3.05, 3.63) is 0 Å². The van der Waals surface area contributed by atoms with E-state index in [-0.39, 0.29) is 0 Å². The first kappa shape index (κ1) is 12.4. The highest BCUT2D eigenvalue weighted by Gasteiger charge is 2.35. The molecule has 0 radical (unpaired) electrons. The SMILES string of the molecule is CC(C)C(C)(C)CNC1CCN2CCC1C2. The molecule has 2 rings (SSSR count). The lowest BCUT2D eigenvalue weighted by molar-refractivity contribution is 0.180. The molecule has 1 N–H and O–H groups in total. The number of nitrogens with zero attached hydrogens (tertiary/aromatic N) is 1. The van der Waals surface area contributed by atoms with E-state index in [1.54, 1.807) is 0 Å². The first-order valence-corrected chi connectivity index (χ1v) is 6.95. The van der Waals surface area contributed by atoms with E-state index in [1.165, 1.54) is 39.0 Å². The molecule has 2 aliphatic heterocycles. The number of piperidine rings is 1. The largest absolute Gasteiger partial charge is 0.313 e. The smallest absolute Gasteiger partial charge is 0.0120 e. The van der Waals surface area contributed by atoms with Crippen LogP contribution in [0.2, 0.25) is 0 Å². The molecule has 2 heterocycles. The fraction of sp³-hybridized carbons (Fsp3) is 1.00. The minimum absolute atomic E-state index is 0.426. The summed E-state index contributed by atoms with van der Waals surface area (Å²) in [6, 6.07) is 0.789. The number of fused-ring (bicyclic) bond motifs is 2. The zero-order valence-corrected chi connectivity index (χ0v) is 11.4. The van der Waals surface area contributed by atoms with Crippen LogP contribution in [0.15, 0.2) is 0 Å². The van der Waals surface area contributed by atoms with Crippen molar-refractivity contribution >= 4 is 0 Å². The number of rotatable bonds is 4. The molecule has 3 unspecified atom stereocenters. The summed E-state index contributed by atoms with van der Waals surface area (Å²) in [6.07, 6.45) is 2.78. The Morgan fingerprint density at radius 2 is 1.94 bits per heavy atom. The maximum atomic E-state index is 3.84. The van der Waals surface area contributed by atoms with Crippen LogP contribution in [0.3, 0.4) is 0 Å². The molecule has 0 aromatic carbocycles. The standard InChI is InChI=1S/C14H28N2/c1-11(2)14(3,4)10-15-13-6-8-16-7-5-12(13)9-16/h11-13,15H,5-10H2,1-4H3. The van der Waals surface area contributed by atoms with E-state index in [1.807, 2.05) is 0 Å². The van der Waals surface area contributed by atoms with Gasteiger partial charge in [0.25, 0.3) is 0 Å². The first-order valence-electron chi connectivity index (χ1n) is 6.95. The van der Waals surface area contributed by atoms with Crippen molar-refractivity contribution in [1.29, 1.82) is 0 Å². The van der Waals surface area contributed by atoms with E-state index >= 15 is 0 Å². The molecule has 0 aliphatic carbocycles. The fourth-order valence-corrected chi connectivity index (χ4v) is 2.82. The molecular weight excluding hydrogens is 196 g/mol. The number of hydrogen-bond acceptors (Lipinski definition) is 2. The highest BCUT2D eigenvalue weighted by atomic mass is 15.2. The number of nitrogens with one attached hydrogen (secondary N) is 1. The minimum atomic E-state index is 0.426. The molecule has 2 aliphatic rings. The van der Waals surface area contributed by atoms with Gasteiger partial charge in [0.15, 0.2) is 0 Å². The van der Waals surface area contributed by atoms with Crippen LogP contribution in [0, 0.1) is 17.3 Å². The summed E-state index contributed by atoms with van der Waals surface area (Å²) in [5, 5.41) is 3.84. The summed E-state index contributed by atoms with van der Waals surface area (Å²) < 4.78 is 0. The first-order chi connectivity index (χ1) is 7.49. The van der Waals surface area contributed by atoms with Crippen LogP contribution in [0.5, 0.6) is 0 Å². The predicted molar refractivity (Wildman–Crippen MR) is 69.6 cm³/mol. The van der Waals surface area contributed by atoms with E-state index in [9.17, 15) is 0 Å². The molecule has 2 heteroatoms. The Hall–Kier alpha value is -0.0800. The van der Waals surface area contributed by atoms with Gasteiger partial charge in [0.2, 0.25) is 0 Å². The summed E-state index contributed by atoms with van der Waals surface area (Å²) in [4.78, 5) is 2.62. The van der Waals surface area contributed by atoms with Gasteiger partial charge in [-0.25, -0.2) is 0 Å². The van der Waals surface area contributed by atoms with Gasteiger partial charge in [-0.1, -0.05) is 27.7 Å². The molecule has 2 nitrogen and oxygen atoms in total. The Morgan fingerprint density at radius 1 is 1.25 bits per heavy atom. The zero-order valence-electron chi connectivity index (χ0n) is 11.4. The van der Waals surface area contributed by atoms with Gasteiger partial charge in [0.05, 0.1) is 0 Å². The minimum Gasteiger partial charge on any atom is -0.313 e. The van der Waals surface area contributed by atoms with Gasteiger partial charge in [-0.3, -0.25) is 0 Å². The van der Waals surface area contributed by atoms with Crippen LogP contribution in [-0.4, -0.2) is 37.1 Å². The van der Waals surface area contributed by atoms with Crippen LogP contribution < -0.4 is 5.32 Å². The molecule has 0 aromatic heterocycles. The van der Waals surface area contributed by atoms with Gasteiger partial charge in [-0.15, -0.1) is 0 Å². The van der Waals surface area contributed by atoms with Crippen molar-refractivity contribution in [1.82, 2.24) is 10.2 Å². The predicted octanol–water partition coefficient (Wildman–Crippen LogP) is 2.35. The molecule has 0 spiro atoms. The molecule has 94 valence electrons. The van der Waals surface area contributed by atoms with Gasteiger partial charge in [0.1, 0.15) is 0 Å². The van der Waals surface area contributed by atoms with Gasteiger partial charge in [0, 0.05) is 19.1 Å². The molecule has 0 aromatic rings. The summed E-state index contributed by atoms with van der Waals surface area (Å²) in [7, 11) is 0. The Balaban J connectivity index is 1.81. The lowest BCUT2D eigenvalue weighted by Crippen LogP contribution is -2.47. The van der Waals surface area contributed by atoms with Gasteiger partial charge in [-0.05, 0) is 43.2 Å². The average Bonchev–Trinajstić information content (AvgIpc) is 2.60. The van der Waals surface area contributed by atoms with Crippen molar-refractivity contribution in [2.75, 3.05) is 26.2 Å². The third-order valence-electron chi connectivity index (χ3n) is 5.02. The lowest BCUT2D eigenvalue weighted by atomic mass is 9.80. The molecule has 2 fully saturated rings. The third-order valence-corrected chi connectivity index (χ3v) is 5.02. The van der Waals surface area contributed by atoms with Crippen molar-refractivity contribution < 1.29 is 0 Å². The quantitative estimate of drug-likeness (QED) is 0.788. The summed E-state index contributed by atoms with van der Waals surface area (Å²) >= 11 is 0. The van der Waals surface area contributed by atoms with Gasteiger partial charge in [-0.2, -0.15) is 0 Å². The summed E-state index contributed by atoms with van der Waals surface area (Å²) in [6.45, 7) is 14.6. The van der Waals surface area contributed by atoms with Crippen molar-refractivity contribution in [2.24, 2.45) is 17.3 Å². The molecule has 2 saturated heterocycles. The lowest BCUT2D eigenvalue weighted by Gasteiger charge is -2.36. The van der Waals surface area contributed by atoms with E-state index in [2.05, 4.69) is 37.9 Å². The third kappa shape index (κ3) is 2.60. The molecule has 3 atom stereocenters. The topological polar surface area (TPSA) is 15.3 Å². The fourth-order valence-electron chi connectivity index (χ4n) is 2.82. The molecule has 0 saturated carbocycles. The Labute approximate surface area is 101 Å². The Kier molecular flexibility index (Phi) is 3.60. The molecule has 0 amide bonds. The average molecular weight is 224 g/mol. The Morgan fingerprint density at radius 3 is 2.62 bits per heavy atom. The van der Waals surface area contributed by atoms with E-state index in [0.717, 1.165) is 17.9 Å². The van der Waals surface area contributed by atoms with E-state index < -0.39 is 0 Å². The van der Waals surface area contributed by atoms with Crippen LogP contribution >= 0.6 is 0 Å². The second-order valence-corrected chi connectivity index (χ2v) is 6.77. The van der Waals surface area contributed by atoms with E-state index in [4.69, 9.17) is 0 Å². The normalized spacial score (nSPS) is 34.7. The second kappa shape index (κ2) is 4.66. The highest BCUT2D eigenvalue weighted by molar-refractivity contribution is 4.91. The van der Waals surface area contributed by atoms with Crippen LogP contribution in [0.25, 0.3) is 0 Å². The molecule has 16 heavy (non-hydrogen) atoms. The van der Waals surface area contributed by atoms with Gasteiger partial charge < -0.3 is 10.2 Å². The molecular formula is C14H28N2. The van der Waals surface area contributed by atoms with Crippen LogP contribution in [-0.2, 0) is 0 Å².